The van der Waals surface area contributed by atoms with E-state index in [-0.39, 0.29) is 17.2 Å². The normalized spacial score (nSPS) is 37.8. The molecule has 0 amide bonds. The van der Waals surface area contributed by atoms with E-state index in [0.29, 0.717) is 24.9 Å². The molecular formula is C16H30N2O2S. The van der Waals surface area contributed by atoms with Crippen LogP contribution in [0.1, 0.15) is 52.4 Å². The standard InChI is InChI=1S/C16H30N2O2S/c1-16(2)5-7-18(8-6-16)21(19,20)11-15(17)14-10-12-3-4-13(14)9-12/h12-15H,3-11,17H2,1-2H3. The molecule has 1 heterocycles. The second-order valence-electron chi connectivity index (χ2n) is 8.34. The first-order valence-corrected chi connectivity index (χ1v) is 10.1. The topological polar surface area (TPSA) is 63.4 Å². The van der Waals surface area contributed by atoms with E-state index in [1.807, 2.05) is 0 Å². The Morgan fingerprint density at radius 3 is 2.38 bits per heavy atom. The molecule has 21 heavy (non-hydrogen) atoms. The van der Waals surface area contributed by atoms with Gasteiger partial charge in [0.2, 0.25) is 10.0 Å². The van der Waals surface area contributed by atoms with Crippen molar-refractivity contribution in [3.05, 3.63) is 0 Å². The first-order valence-electron chi connectivity index (χ1n) is 8.50. The van der Waals surface area contributed by atoms with E-state index < -0.39 is 10.0 Å². The zero-order valence-corrected chi connectivity index (χ0v) is 14.2. The Kier molecular flexibility index (Phi) is 4.13. The molecule has 0 spiro atoms. The molecule has 3 rings (SSSR count). The Morgan fingerprint density at radius 1 is 1.19 bits per heavy atom. The number of fused-ring (bicyclic) bond motifs is 2. The van der Waals surface area contributed by atoms with Crippen LogP contribution in [0, 0.1) is 23.2 Å². The lowest BCUT2D eigenvalue weighted by molar-refractivity contribution is 0.194. The van der Waals surface area contributed by atoms with E-state index in [4.69, 9.17) is 5.73 Å². The van der Waals surface area contributed by atoms with Gasteiger partial charge in [0.25, 0.3) is 0 Å². The predicted molar refractivity (Wildman–Crippen MR) is 85.3 cm³/mol. The molecular weight excluding hydrogens is 284 g/mol. The minimum absolute atomic E-state index is 0.154. The van der Waals surface area contributed by atoms with E-state index >= 15 is 0 Å². The minimum Gasteiger partial charge on any atom is -0.326 e. The van der Waals surface area contributed by atoms with Crippen molar-refractivity contribution in [1.82, 2.24) is 4.31 Å². The summed E-state index contributed by atoms with van der Waals surface area (Å²) in [6.45, 7) is 5.77. The van der Waals surface area contributed by atoms with Crippen LogP contribution in [-0.2, 0) is 10.0 Å². The van der Waals surface area contributed by atoms with Gasteiger partial charge in [0.05, 0.1) is 5.75 Å². The first-order chi connectivity index (χ1) is 9.77. The van der Waals surface area contributed by atoms with Gasteiger partial charge in [0.15, 0.2) is 0 Å². The van der Waals surface area contributed by atoms with Gasteiger partial charge in [-0.15, -0.1) is 0 Å². The van der Waals surface area contributed by atoms with E-state index in [1.54, 1.807) is 4.31 Å². The summed E-state index contributed by atoms with van der Waals surface area (Å²) in [6.07, 6.45) is 6.96. The van der Waals surface area contributed by atoms with Crippen molar-refractivity contribution >= 4 is 10.0 Å². The van der Waals surface area contributed by atoms with Crippen molar-refractivity contribution in [2.24, 2.45) is 28.9 Å². The van der Waals surface area contributed by atoms with E-state index in [9.17, 15) is 8.42 Å². The third-order valence-electron chi connectivity index (χ3n) is 6.22. The Hall–Kier alpha value is -0.130. The van der Waals surface area contributed by atoms with Crippen LogP contribution in [0.2, 0.25) is 0 Å². The maximum atomic E-state index is 12.6. The third-order valence-corrected chi connectivity index (χ3v) is 8.17. The smallest absolute Gasteiger partial charge is 0.215 e. The molecule has 4 nitrogen and oxygen atoms in total. The van der Waals surface area contributed by atoms with Crippen LogP contribution in [0.15, 0.2) is 0 Å². The molecule has 0 aromatic heterocycles. The van der Waals surface area contributed by atoms with Gasteiger partial charge in [-0.05, 0) is 55.3 Å². The number of nitrogens with zero attached hydrogens (tertiary/aromatic N) is 1. The number of piperidine rings is 1. The summed E-state index contributed by atoms with van der Waals surface area (Å²) in [5.41, 5.74) is 6.58. The zero-order chi connectivity index (χ0) is 15.3. The molecule has 2 bridgehead atoms. The van der Waals surface area contributed by atoms with Crippen molar-refractivity contribution in [1.29, 1.82) is 0 Å². The monoisotopic (exact) mass is 314 g/mol. The lowest BCUT2D eigenvalue weighted by atomic mass is 9.83. The van der Waals surface area contributed by atoms with Crippen molar-refractivity contribution in [2.45, 2.75) is 58.4 Å². The molecule has 4 atom stereocenters. The summed E-state index contributed by atoms with van der Waals surface area (Å²) in [6, 6.07) is -0.166. The Morgan fingerprint density at radius 2 is 1.86 bits per heavy atom. The summed E-state index contributed by atoms with van der Waals surface area (Å²) >= 11 is 0. The molecule has 122 valence electrons. The van der Waals surface area contributed by atoms with Crippen molar-refractivity contribution in [2.75, 3.05) is 18.8 Å². The van der Waals surface area contributed by atoms with Crippen LogP contribution >= 0.6 is 0 Å². The molecule has 5 heteroatoms. The second-order valence-corrected chi connectivity index (χ2v) is 10.4. The fraction of sp³-hybridized carbons (Fsp3) is 1.00. The van der Waals surface area contributed by atoms with Gasteiger partial charge in [-0.3, -0.25) is 0 Å². The fourth-order valence-electron chi connectivity index (χ4n) is 4.66. The molecule has 2 N–H and O–H groups in total. The number of hydrogen-bond acceptors (Lipinski definition) is 3. The van der Waals surface area contributed by atoms with Crippen molar-refractivity contribution in [3.63, 3.8) is 0 Å². The molecule has 4 unspecified atom stereocenters. The van der Waals surface area contributed by atoms with Gasteiger partial charge in [0, 0.05) is 19.1 Å². The van der Waals surface area contributed by atoms with Crippen LogP contribution in [-0.4, -0.2) is 37.6 Å². The highest BCUT2D eigenvalue weighted by atomic mass is 32.2. The highest BCUT2D eigenvalue weighted by Gasteiger charge is 2.43. The van der Waals surface area contributed by atoms with E-state index in [1.165, 1.54) is 19.3 Å². The Balaban J connectivity index is 1.58. The predicted octanol–water partition coefficient (Wildman–Crippen LogP) is 2.20. The van der Waals surface area contributed by atoms with Crippen LogP contribution < -0.4 is 5.73 Å². The van der Waals surface area contributed by atoms with E-state index in [2.05, 4.69) is 13.8 Å². The number of hydrogen-bond donors (Lipinski definition) is 1. The van der Waals surface area contributed by atoms with Gasteiger partial charge in [-0.2, -0.15) is 0 Å². The summed E-state index contributed by atoms with van der Waals surface area (Å²) in [4.78, 5) is 0. The van der Waals surface area contributed by atoms with Gasteiger partial charge < -0.3 is 5.73 Å². The maximum Gasteiger partial charge on any atom is 0.215 e. The van der Waals surface area contributed by atoms with Crippen molar-refractivity contribution in [3.8, 4) is 0 Å². The van der Waals surface area contributed by atoms with Crippen LogP contribution in [0.3, 0.4) is 0 Å². The average molecular weight is 314 g/mol. The number of rotatable bonds is 4. The molecule has 0 aromatic rings. The van der Waals surface area contributed by atoms with Gasteiger partial charge in [0.1, 0.15) is 0 Å². The molecule has 3 aliphatic rings. The molecule has 2 saturated carbocycles. The van der Waals surface area contributed by atoms with Gasteiger partial charge in [-0.25, -0.2) is 12.7 Å². The highest BCUT2D eigenvalue weighted by Crippen LogP contribution is 2.49. The molecule has 0 radical (unpaired) electrons. The number of sulfonamides is 1. The quantitative estimate of drug-likeness (QED) is 0.865. The van der Waals surface area contributed by atoms with Gasteiger partial charge >= 0.3 is 0 Å². The maximum absolute atomic E-state index is 12.6. The first kappa shape index (κ1) is 15.8. The summed E-state index contributed by atoms with van der Waals surface area (Å²) in [7, 11) is -3.18. The second kappa shape index (κ2) is 5.50. The lowest BCUT2D eigenvalue weighted by Crippen LogP contribution is -2.47. The molecule has 3 fully saturated rings. The third kappa shape index (κ3) is 3.30. The molecule has 1 aliphatic heterocycles. The Bertz CT molecular complexity index is 479. The SMILES string of the molecule is CC1(C)CCN(S(=O)(=O)CC(N)C2CC3CCC2C3)CC1. The lowest BCUT2D eigenvalue weighted by Gasteiger charge is -2.37. The highest BCUT2D eigenvalue weighted by molar-refractivity contribution is 7.89. The van der Waals surface area contributed by atoms with Crippen LogP contribution in [0.25, 0.3) is 0 Å². The van der Waals surface area contributed by atoms with Gasteiger partial charge in [-0.1, -0.05) is 20.3 Å². The van der Waals surface area contributed by atoms with Crippen LogP contribution in [0.5, 0.6) is 0 Å². The van der Waals surface area contributed by atoms with Crippen molar-refractivity contribution < 1.29 is 8.42 Å². The average Bonchev–Trinajstić information content (AvgIpc) is 2.99. The molecule has 2 aliphatic carbocycles. The summed E-state index contributed by atoms with van der Waals surface area (Å²) in [5.74, 6) is 2.12. The number of nitrogens with two attached hydrogens (primary N) is 1. The van der Waals surface area contributed by atoms with Crippen LogP contribution in [0.4, 0.5) is 0 Å². The fourth-order valence-corrected chi connectivity index (χ4v) is 6.34. The zero-order valence-electron chi connectivity index (χ0n) is 13.4. The van der Waals surface area contributed by atoms with E-state index in [0.717, 1.165) is 25.2 Å². The summed E-state index contributed by atoms with van der Waals surface area (Å²) < 4.78 is 26.9. The minimum atomic E-state index is -3.18. The Labute approximate surface area is 129 Å². The molecule has 1 saturated heterocycles. The molecule has 0 aromatic carbocycles. The summed E-state index contributed by atoms with van der Waals surface area (Å²) in [5, 5.41) is 0. The largest absolute Gasteiger partial charge is 0.326 e.